The zero-order valence-corrected chi connectivity index (χ0v) is 16.3. The van der Waals surface area contributed by atoms with Crippen molar-refractivity contribution in [2.75, 3.05) is 19.0 Å². The summed E-state index contributed by atoms with van der Waals surface area (Å²) in [5.74, 6) is -1.40. The van der Waals surface area contributed by atoms with E-state index in [1.165, 1.54) is 25.6 Å². The maximum absolute atomic E-state index is 13.0. The van der Waals surface area contributed by atoms with Gasteiger partial charge < -0.3 is 20.7 Å². The summed E-state index contributed by atoms with van der Waals surface area (Å²) in [6, 6.07) is 4.72. The first kappa shape index (κ1) is 20.2. The van der Waals surface area contributed by atoms with E-state index in [1.54, 1.807) is 17.2 Å². The highest BCUT2D eigenvalue weighted by Gasteiger charge is 2.34. The molecule has 0 bridgehead atoms. The molecule has 1 fully saturated rings. The molecule has 9 nitrogen and oxygen atoms in total. The Hall–Kier alpha value is -3.49. The number of hydrogen-bond acceptors (Lipinski definition) is 6. The van der Waals surface area contributed by atoms with E-state index in [4.69, 9.17) is 10.5 Å². The van der Waals surface area contributed by atoms with Crippen molar-refractivity contribution in [3.05, 3.63) is 47.9 Å². The number of nitrogens with two attached hydrogens (primary N) is 1. The van der Waals surface area contributed by atoms with Gasteiger partial charge in [-0.05, 0) is 36.5 Å². The number of ether oxygens (including phenoxy) is 1. The van der Waals surface area contributed by atoms with Gasteiger partial charge in [-0.1, -0.05) is 6.92 Å². The van der Waals surface area contributed by atoms with Gasteiger partial charge in [0.25, 0.3) is 0 Å². The molecule has 2 aromatic heterocycles. The first-order valence-electron chi connectivity index (χ1n) is 9.25. The summed E-state index contributed by atoms with van der Waals surface area (Å²) in [7, 11) is 1.53. The number of primary amides is 1. The van der Waals surface area contributed by atoms with Crippen LogP contribution in [0.2, 0.25) is 0 Å². The fraction of sp³-hybridized carbons (Fsp3) is 0.350. The zero-order chi connectivity index (χ0) is 21.0. The molecule has 0 spiro atoms. The first-order valence-corrected chi connectivity index (χ1v) is 9.25. The van der Waals surface area contributed by atoms with Gasteiger partial charge >= 0.3 is 11.8 Å². The highest BCUT2D eigenvalue weighted by Crippen LogP contribution is 2.34. The lowest BCUT2D eigenvalue weighted by Gasteiger charge is -2.38. The van der Waals surface area contributed by atoms with Crippen LogP contribution in [0.3, 0.4) is 0 Å². The maximum Gasteiger partial charge on any atom is 0.313 e. The third-order valence-electron chi connectivity index (χ3n) is 4.91. The van der Waals surface area contributed by atoms with Gasteiger partial charge in [0.05, 0.1) is 30.6 Å². The average Bonchev–Trinajstić information content (AvgIpc) is 2.73. The summed E-state index contributed by atoms with van der Waals surface area (Å²) >= 11 is 0. The normalized spacial score (nSPS) is 18.8. The molecule has 29 heavy (non-hydrogen) atoms. The number of piperidine rings is 1. The molecule has 3 amide bonds. The molecular formula is C20H23N5O4. The summed E-state index contributed by atoms with van der Waals surface area (Å²) in [5, 5.41) is 2.51. The number of aromatic nitrogens is 2. The Bertz CT molecular complexity index is 933. The van der Waals surface area contributed by atoms with Crippen molar-refractivity contribution in [3.8, 4) is 5.88 Å². The number of nitrogens with zero attached hydrogens (tertiary/aromatic N) is 3. The second kappa shape index (κ2) is 8.68. The molecule has 0 saturated carbocycles. The van der Waals surface area contributed by atoms with E-state index in [2.05, 4.69) is 15.3 Å². The third kappa shape index (κ3) is 4.68. The summed E-state index contributed by atoms with van der Waals surface area (Å²) in [6.07, 6.45) is 5.92. The molecule has 0 aliphatic carbocycles. The van der Waals surface area contributed by atoms with Crippen molar-refractivity contribution in [2.45, 2.75) is 25.8 Å². The van der Waals surface area contributed by atoms with Crippen LogP contribution in [0, 0.1) is 5.92 Å². The Morgan fingerprint density at radius 2 is 2.03 bits per heavy atom. The number of nitrogens with one attached hydrogen (secondary N) is 1. The minimum Gasteiger partial charge on any atom is -0.481 e. The standard InChI is InChI=1S/C20H23N5O4/c1-12-3-4-16(13-5-6-23-17(8-13)29-2)25(11-12)20(28)19(27)24-15-7-14(18(21)26)9-22-10-15/h5-10,12,16H,3-4,11H2,1-2H3,(H2,21,26)(H,24,27)/t12-,16?/m0/s1. The van der Waals surface area contributed by atoms with E-state index in [9.17, 15) is 14.4 Å². The topological polar surface area (TPSA) is 128 Å². The summed E-state index contributed by atoms with van der Waals surface area (Å²) < 4.78 is 5.18. The number of methoxy groups -OCH3 is 1. The Labute approximate surface area is 168 Å². The predicted molar refractivity (Wildman–Crippen MR) is 105 cm³/mol. The monoisotopic (exact) mass is 397 g/mol. The Kier molecular flexibility index (Phi) is 6.06. The van der Waals surface area contributed by atoms with Crippen LogP contribution in [-0.2, 0) is 9.59 Å². The lowest BCUT2D eigenvalue weighted by Crippen LogP contribution is -2.46. The second-order valence-corrected chi connectivity index (χ2v) is 7.07. The van der Waals surface area contributed by atoms with E-state index in [1.807, 2.05) is 13.0 Å². The van der Waals surface area contributed by atoms with E-state index in [0.717, 1.165) is 18.4 Å². The molecule has 0 aromatic carbocycles. The molecule has 2 atom stereocenters. The fourth-order valence-corrected chi connectivity index (χ4v) is 3.43. The highest BCUT2D eigenvalue weighted by molar-refractivity contribution is 6.39. The Morgan fingerprint density at radius 3 is 2.76 bits per heavy atom. The van der Waals surface area contributed by atoms with E-state index in [0.29, 0.717) is 12.4 Å². The molecule has 1 aliphatic heterocycles. The Morgan fingerprint density at radius 1 is 1.24 bits per heavy atom. The molecule has 3 heterocycles. The quantitative estimate of drug-likeness (QED) is 0.753. The van der Waals surface area contributed by atoms with E-state index >= 15 is 0 Å². The minimum absolute atomic E-state index is 0.142. The van der Waals surface area contributed by atoms with Gasteiger partial charge in [0.1, 0.15) is 0 Å². The number of anilines is 1. The molecule has 1 saturated heterocycles. The number of likely N-dealkylation sites (tertiary alicyclic amines) is 1. The molecular weight excluding hydrogens is 374 g/mol. The van der Waals surface area contributed by atoms with Crippen molar-refractivity contribution in [2.24, 2.45) is 11.7 Å². The van der Waals surface area contributed by atoms with Crippen molar-refractivity contribution in [1.29, 1.82) is 0 Å². The fourth-order valence-electron chi connectivity index (χ4n) is 3.43. The second-order valence-electron chi connectivity index (χ2n) is 7.07. The molecule has 3 N–H and O–H groups in total. The average molecular weight is 397 g/mol. The van der Waals surface area contributed by atoms with Crippen LogP contribution in [0.5, 0.6) is 5.88 Å². The molecule has 2 aromatic rings. The SMILES string of the molecule is COc1cc(C2CC[C@H](C)CN2C(=O)C(=O)Nc2cncc(C(N)=O)c2)ccn1. The maximum atomic E-state index is 13.0. The first-order chi connectivity index (χ1) is 13.9. The molecule has 0 radical (unpaired) electrons. The molecule has 1 unspecified atom stereocenters. The van der Waals surface area contributed by atoms with E-state index < -0.39 is 17.7 Å². The van der Waals surface area contributed by atoms with Gasteiger partial charge in [0.2, 0.25) is 11.8 Å². The molecule has 152 valence electrons. The number of pyridine rings is 2. The van der Waals surface area contributed by atoms with Gasteiger partial charge in [-0.2, -0.15) is 0 Å². The van der Waals surface area contributed by atoms with Gasteiger partial charge in [0.15, 0.2) is 0 Å². The zero-order valence-electron chi connectivity index (χ0n) is 16.3. The van der Waals surface area contributed by atoms with Crippen molar-refractivity contribution >= 4 is 23.4 Å². The number of amides is 3. The minimum atomic E-state index is -0.798. The van der Waals surface area contributed by atoms with Gasteiger partial charge in [-0.25, -0.2) is 4.98 Å². The van der Waals surface area contributed by atoms with Crippen molar-refractivity contribution < 1.29 is 19.1 Å². The lowest BCUT2D eigenvalue weighted by molar-refractivity contribution is -0.146. The highest BCUT2D eigenvalue weighted by atomic mass is 16.5. The van der Waals surface area contributed by atoms with Gasteiger partial charge in [-0.3, -0.25) is 19.4 Å². The van der Waals surface area contributed by atoms with E-state index in [-0.39, 0.29) is 23.2 Å². The van der Waals surface area contributed by atoms with Crippen molar-refractivity contribution in [3.63, 3.8) is 0 Å². The van der Waals surface area contributed by atoms with Crippen LogP contribution < -0.4 is 15.8 Å². The summed E-state index contributed by atoms with van der Waals surface area (Å²) in [6.45, 7) is 2.50. The van der Waals surface area contributed by atoms with Crippen LogP contribution in [0.1, 0.15) is 41.7 Å². The third-order valence-corrected chi connectivity index (χ3v) is 4.91. The van der Waals surface area contributed by atoms with Crippen LogP contribution in [0.4, 0.5) is 5.69 Å². The Balaban J connectivity index is 1.81. The van der Waals surface area contributed by atoms with Gasteiger partial charge in [-0.15, -0.1) is 0 Å². The summed E-state index contributed by atoms with van der Waals surface area (Å²) in [5.41, 5.74) is 6.46. The van der Waals surface area contributed by atoms with Crippen LogP contribution in [0.15, 0.2) is 36.8 Å². The smallest absolute Gasteiger partial charge is 0.313 e. The molecule has 9 heteroatoms. The van der Waals surface area contributed by atoms with Crippen LogP contribution in [0.25, 0.3) is 0 Å². The van der Waals surface area contributed by atoms with Crippen LogP contribution >= 0.6 is 0 Å². The van der Waals surface area contributed by atoms with Crippen molar-refractivity contribution in [1.82, 2.24) is 14.9 Å². The number of carbonyl (C=O) groups excluding carboxylic acids is 3. The lowest BCUT2D eigenvalue weighted by atomic mass is 9.90. The number of hydrogen-bond donors (Lipinski definition) is 2. The predicted octanol–water partition coefficient (Wildman–Crippen LogP) is 1.52. The summed E-state index contributed by atoms with van der Waals surface area (Å²) in [4.78, 5) is 46.4. The molecule has 1 aliphatic rings. The largest absolute Gasteiger partial charge is 0.481 e. The molecule has 3 rings (SSSR count). The van der Waals surface area contributed by atoms with Gasteiger partial charge in [0, 0.05) is 25.0 Å². The number of carbonyl (C=O) groups is 3. The number of rotatable bonds is 4. The van der Waals surface area contributed by atoms with Crippen LogP contribution in [-0.4, -0.2) is 46.2 Å².